The first-order chi connectivity index (χ1) is 16.7. The first-order valence-corrected chi connectivity index (χ1v) is 12.9. The molecule has 4 aromatic rings. The van der Waals surface area contributed by atoms with Crippen LogP contribution in [0.5, 0.6) is 5.75 Å². The van der Waals surface area contributed by atoms with E-state index in [9.17, 15) is 9.90 Å². The maximum atomic E-state index is 11.7. The molecule has 0 saturated carbocycles. The molecule has 3 heterocycles. The van der Waals surface area contributed by atoms with Crippen molar-refractivity contribution in [3.63, 3.8) is 0 Å². The van der Waals surface area contributed by atoms with Gasteiger partial charge < -0.3 is 14.6 Å². The molecule has 174 valence electrons. The molecule has 1 atom stereocenters. The number of benzene rings is 2. The van der Waals surface area contributed by atoms with Crippen molar-refractivity contribution in [1.29, 1.82) is 0 Å². The number of hydrogen-bond acceptors (Lipinski definition) is 6. The summed E-state index contributed by atoms with van der Waals surface area (Å²) in [5, 5.41) is 16.4. The van der Waals surface area contributed by atoms with Gasteiger partial charge in [0.1, 0.15) is 15.8 Å². The van der Waals surface area contributed by atoms with E-state index in [-0.39, 0.29) is 6.61 Å². The lowest BCUT2D eigenvalue weighted by Gasteiger charge is -2.23. The summed E-state index contributed by atoms with van der Waals surface area (Å²) in [6.07, 6.45) is 1.49. The van der Waals surface area contributed by atoms with Crippen molar-refractivity contribution in [2.45, 2.75) is 32.0 Å². The number of aliphatic carboxylic acids is 1. The van der Waals surface area contributed by atoms with Gasteiger partial charge in [-0.25, -0.2) is 4.79 Å². The number of hydrogen-bond donors (Lipinski definition) is 1. The second-order valence-electron chi connectivity index (χ2n) is 8.18. The van der Waals surface area contributed by atoms with E-state index in [2.05, 4.69) is 27.8 Å². The fraction of sp³-hybridized carbons (Fsp3) is 0.222. The number of carboxylic acid groups (broad SMARTS) is 1. The third-order valence-corrected chi connectivity index (χ3v) is 7.83. The zero-order valence-corrected chi connectivity index (χ0v) is 20.2. The van der Waals surface area contributed by atoms with Gasteiger partial charge in [-0.05, 0) is 70.1 Å². The first-order valence-electron chi connectivity index (χ1n) is 11.2. The summed E-state index contributed by atoms with van der Waals surface area (Å²) in [5.41, 5.74) is 4.57. The van der Waals surface area contributed by atoms with Gasteiger partial charge in [-0.3, -0.25) is 4.90 Å². The summed E-state index contributed by atoms with van der Waals surface area (Å²) in [7, 11) is 0. The second-order valence-corrected chi connectivity index (χ2v) is 9.96. The van der Waals surface area contributed by atoms with Crippen molar-refractivity contribution in [3.8, 4) is 5.75 Å². The molecule has 5 nitrogen and oxygen atoms in total. The largest absolute Gasteiger partial charge is 0.479 e. The number of anilines is 2. The Morgan fingerprint density at radius 3 is 2.15 bits per heavy atom. The van der Waals surface area contributed by atoms with Crippen LogP contribution in [0.2, 0.25) is 0 Å². The van der Waals surface area contributed by atoms with Crippen molar-refractivity contribution in [2.24, 2.45) is 0 Å². The van der Waals surface area contributed by atoms with Gasteiger partial charge in [0, 0.05) is 6.42 Å². The number of carboxylic acids is 1. The van der Waals surface area contributed by atoms with Crippen molar-refractivity contribution in [1.82, 2.24) is 0 Å². The Balaban J connectivity index is 1.22. The first kappa shape index (κ1) is 22.7. The maximum absolute atomic E-state index is 11.7. The monoisotopic (exact) mass is 491 g/mol. The normalized spacial score (nSPS) is 13.6. The standard InChI is InChI=1S/C27H25NO4S2/c29-27(30)24(31-17-20-4-2-1-3-5-20)16-19-6-10-23(11-7-19)32-18-28-25-21(12-14-33-25)8-9-22-13-15-34-26(22)28/h1-7,10-15,24H,8-9,16-18H2,(H,29,30). The van der Waals surface area contributed by atoms with Crippen LogP contribution in [0.25, 0.3) is 0 Å². The predicted molar refractivity (Wildman–Crippen MR) is 136 cm³/mol. The van der Waals surface area contributed by atoms with Gasteiger partial charge in [-0.1, -0.05) is 42.5 Å². The maximum Gasteiger partial charge on any atom is 0.333 e. The van der Waals surface area contributed by atoms with E-state index in [0.29, 0.717) is 13.2 Å². The van der Waals surface area contributed by atoms with E-state index in [4.69, 9.17) is 9.47 Å². The molecule has 0 bridgehead atoms. The smallest absolute Gasteiger partial charge is 0.333 e. The molecule has 0 amide bonds. The molecule has 2 aromatic carbocycles. The van der Waals surface area contributed by atoms with Crippen molar-refractivity contribution in [2.75, 3.05) is 11.6 Å². The third kappa shape index (κ3) is 5.17. The highest BCUT2D eigenvalue weighted by Gasteiger charge is 2.23. The van der Waals surface area contributed by atoms with Crippen LogP contribution in [-0.4, -0.2) is 23.9 Å². The van der Waals surface area contributed by atoms with Gasteiger partial charge in [0.2, 0.25) is 0 Å². The average Bonchev–Trinajstić information content (AvgIpc) is 3.50. The molecule has 1 aliphatic rings. The predicted octanol–water partition coefficient (Wildman–Crippen LogP) is 6.30. The Kier molecular flexibility index (Phi) is 6.94. The molecular weight excluding hydrogens is 466 g/mol. The van der Waals surface area contributed by atoms with Gasteiger partial charge >= 0.3 is 5.97 Å². The summed E-state index contributed by atoms with van der Waals surface area (Å²) in [5.74, 6) is -0.211. The molecule has 5 rings (SSSR count). The number of fused-ring (bicyclic) bond motifs is 2. The summed E-state index contributed by atoms with van der Waals surface area (Å²) in [6.45, 7) is 0.697. The fourth-order valence-corrected chi connectivity index (χ4v) is 6.02. The van der Waals surface area contributed by atoms with Crippen molar-refractivity contribution in [3.05, 3.63) is 99.7 Å². The minimum absolute atomic E-state index is 0.268. The van der Waals surface area contributed by atoms with Crippen LogP contribution in [0, 0.1) is 0 Å². The van der Waals surface area contributed by atoms with Gasteiger partial charge in [0.05, 0.1) is 6.61 Å². The summed E-state index contributed by atoms with van der Waals surface area (Å²) in [6, 6.07) is 21.6. The van der Waals surface area contributed by atoms with E-state index in [0.717, 1.165) is 29.7 Å². The Morgan fingerprint density at radius 2 is 1.53 bits per heavy atom. The quantitative estimate of drug-likeness (QED) is 0.298. The Labute approximate surface area is 206 Å². The topological polar surface area (TPSA) is 59.0 Å². The zero-order chi connectivity index (χ0) is 23.3. The molecule has 7 heteroatoms. The van der Waals surface area contributed by atoms with Crippen LogP contribution in [0.15, 0.2) is 77.5 Å². The van der Waals surface area contributed by atoms with Crippen LogP contribution >= 0.6 is 22.7 Å². The Morgan fingerprint density at radius 1 is 0.882 bits per heavy atom. The highest BCUT2D eigenvalue weighted by Crippen LogP contribution is 2.42. The minimum atomic E-state index is -0.962. The van der Waals surface area contributed by atoms with Crippen LogP contribution in [-0.2, 0) is 35.4 Å². The lowest BCUT2D eigenvalue weighted by atomic mass is 10.1. The molecule has 1 aliphatic heterocycles. The van der Waals surface area contributed by atoms with E-state index in [1.165, 1.54) is 21.1 Å². The summed E-state index contributed by atoms with van der Waals surface area (Å²) in [4.78, 5) is 14.0. The van der Waals surface area contributed by atoms with E-state index in [1.807, 2.05) is 54.6 Å². The molecule has 0 aliphatic carbocycles. The van der Waals surface area contributed by atoms with Crippen LogP contribution < -0.4 is 9.64 Å². The number of thiophene rings is 2. The number of ether oxygens (including phenoxy) is 2. The summed E-state index contributed by atoms with van der Waals surface area (Å²) < 4.78 is 11.8. The molecule has 34 heavy (non-hydrogen) atoms. The van der Waals surface area contributed by atoms with Crippen LogP contribution in [0.3, 0.4) is 0 Å². The Hall–Kier alpha value is -3.13. The van der Waals surface area contributed by atoms with Gasteiger partial charge in [-0.2, -0.15) is 0 Å². The molecule has 2 aromatic heterocycles. The van der Waals surface area contributed by atoms with Gasteiger partial charge in [-0.15, -0.1) is 22.7 Å². The molecule has 0 fully saturated rings. The lowest BCUT2D eigenvalue weighted by Crippen LogP contribution is -2.26. The van der Waals surface area contributed by atoms with Gasteiger partial charge in [0.25, 0.3) is 0 Å². The molecule has 0 radical (unpaired) electrons. The number of carbonyl (C=O) groups is 1. The minimum Gasteiger partial charge on any atom is -0.479 e. The van der Waals surface area contributed by atoms with E-state index < -0.39 is 12.1 Å². The van der Waals surface area contributed by atoms with Crippen LogP contribution in [0.4, 0.5) is 10.0 Å². The fourth-order valence-electron chi connectivity index (χ4n) is 4.05. The van der Waals surface area contributed by atoms with Gasteiger partial charge in [0.15, 0.2) is 12.8 Å². The third-order valence-electron chi connectivity index (χ3n) is 5.88. The highest BCUT2D eigenvalue weighted by atomic mass is 32.1. The number of nitrogens with zero attached hydrogens (tertiary/aromatic N) is 1. The van der Waals surface area contributed by atoms with E-state index >= 15 is 0 Å². The molecular formula is C27H25NO4S2. The second kappa shape index (κ2) is 10.4. The molecule has 1 N–H and O–H groups in total. The zero-order valence-electron chi connectivity index (χ0n) is 18.6. The number of aryl methyl sites for hydroxylation is 2. The lowest BCUT2D eigenvalue weighted by molar-refractivity contribution is -0.151. The van der Waals surface area contributed by atoms with E-state index in [1.54, 1.807) is 22.7 Å². The van der Waals surface area contributed by atoms with Crippen molar-refractivity contribution >= 4 is 38.6 Å². The van der Waals surface area contributed by atoms with Crippen LogP contribution in [0.1, 0.15) is 22.3 Å². The number of rotatable bonds is 9. The molecule has 0 saturated heterocycles. The van der Waals surface area contributed by atoms with Crippen molar-refractivity contribution < 1.29 is 19.4 Å². The average molecular weight is 492 g/mol. The summed E-state index contributed by atoms with van der Waals surface area (Å²) >= 11 is 3.49. The SMILES string of the molecule is O=C(O)C(Cc1ccc(OCN2c3sccc3CCc3ccsc32)cc1)OCc1ccccc1. The molecule has 1 unspecified atom stereocenters. The molecule has 0 spiro atoms. The Bertz CT molecular complexity index is 1190. The highest BCUT2D eigenvalue weighted by molar-refractivity contribution is 7.16.